The first-order chi connectivity index (χ1) is 13.5. The third-order valence-corrected chi connectivity index (χ3v) is 6.11. The van der Waals surface area contributed by atoms with Gasteiger partial charge in [-0.3, -0.25) is 5.41 Å². The first kappa shape index (κ1) is 16.8. The van der Waals surface area contributed by atoms with Crippen LogP contribution in [-0.4, -0.2) is 5.71 Å². The van der Waals surface area contributed by atoms with Gasteiger partial charge in [0, 0.05) is 27.6 Å². The summed E-state index contributed by atoms with van der Waals surface area (Å²) in [6, 6.07) is 27.0. The van der Waals surface area contributed by atoms with Gasteiger partial charge in [-0.25, -0.2) is 0 Å². The van der Waals surface area contributed by atoms with E-state index in [0.717, 1.165) is 21.9 Å². The van der Waals surface area contributed by atoms with Gasteiger partial charge in [0.15, 0.2) is 0 Å². The van der Waals surface area contributed by atoms with E-state index < -0.39 is 0 Å². The lowest BCUT2D eigenvalue weighted by Crippen LogP contribution is -2.16. The fraction of sp³-hybridized carbons (Fsp3) is 0.115. The van der Waals surface area contributed by atoms with E-state index in [-0.39, 0.29) is 5.41 Å². The fourth-order valence-corrected chi connectivity index (χ4v) is 4.53. The highest BCUT2D eigenvalue weighted by atomic mass is 14.6. The Hall–Kier alpha value is -3.39. The molecular formula is C26H22N2. The van der Waals surface area contributed by atoms with E-state index in [1.165, 1.54) is 22.3 Å². The quantitative estimate of drug-likeness (QED) is 0.326. The minimum absolute atomic E-state index is 0.0723. The number of anilines is 1. The van der Waals surface area contributed by atoms with E-state index in [9.17, 15) is 0 Å². The maximum Gasteiger partial charge on any atom is 0.0705 e. The van der Waals surface area contributed by atoms with E-state index in [2.05, 4.69) is 50.2 Å². The molecule has 0 spiro atoms. The third-order valence-electron chi connectivity index (χ3n) is 6.11. The maximum atomic E-state index is 8.86. The summed E-state index contributed by atoms with van der Waals surface area (Å²) in [6.07, 6.45) is 0. The lowest BCUT2D eigenvalue weighted by molar-refractivity contribution is 0.660. The van der Waals surface area contributed by atoms with Crippen molar-refractivity contribution in [2.75, 3.05) is 5.73 Å². The van der Waals surface area contributed by atoms with Crippen LogP contribution < -0.4 is 5.73 Å². The molecule has 1 aliphatic carbocycles. The van der Waals surface area contributed by atoms with Gasteiger partial charge in [0.05, 0.1) is 5.71 Å². The Morgan fingerprint density at radius 1 is 0.786 bits per heavy atom. The van der Waals surface area contributed by atoms with Crippen molar-refractivity contribution in [3.8, 4) is 11.1 Å². The molecule has 0 radical (unpaired) electrons. The SMILES string of the molecule is CC1(C)c2ccccc2-c2ccc(C(=N)c3ccc4ccccc4c3N)cc21. The molecule has 0 saturated carbocycles. The van der Waals surface area contributed by atoms with Crippen LogP contribution in [0.1, 0.15) is 36.1 Å². The Balaban J connectivity index is 1.64. The lowest BCUT2D eigenvalue weighted by Gasteiger charge is -2.22. The summed E-state index contributed by atoms with van der Waals surface area (Å²) < 4.78 is 0. The highest BCUT2D eigenvalue weighted by Gasteiger charge is 2.35. The molecule has 2 nitrogen and oxygen atoms in total. The Morgan fingerprint density at radius 3 is 2.36 bits per heavy atom. The molecule has 4 aromatic carbocycles. The average Bonchev–Trinajstić information content (AvgIpc) is 2.95. The van der Waals surface area contributed by atoms with Gasteiger partial charge in [-0.2, -0.15) is 0 Å². The first-order valence-corrected chi connectivity index (χ1v) is 9.59. The molecule has 0 amide bonds. The zero-order chi connectivity index (χ0) is 19.5. The van der Waals surface area contributed by atoms with Crippen LogP contribution in [-0.2, 0) is 5.41 Å². The van der Waals surface area contributed by atoms with Gasteiger partial charge in [-0.05, 0) is 33.7 Å². The molecule has 0 aromatic heterocycles. The van der Waals surface area contributed by atoms with Crippen LogP contribution in [0.15, 0.2) is 78.9 Å². The van der Waals surface area contributed by atoms with Crippen LogP contribution in [0.3, 0.4) is 0 Å². The second-order valence-electron chi connectivity index (χ2n) is 8.05. The number of hydrogen-bond acceptors (Lipinski definition) is 2. The normalized spacial score (nSPS) is 13.9. The monoisotopic (exact) mass is 362 g/mol. The van der Waals surface area contributed by atoms with Gasteiger partial charge in [0.1, 0.15) is 0 Å². The van der Waals surface area contributed by atoms with Crippen LogP contribution >= 0.6 is 0 Å². The molecule has 0 bridgehead atoms. The number of nitrogen functional groups attached to an aromatic ring is 1. The second-order valence-corrected chi connectivity index (χ2v) is 8.05. The molecule has 0 saturated heterocycles. The number of nitrogens with two attached hydrogens (primary N) is 1. The summed E-state index contributed by atoms with van der Waals surface area (Å²) in [5, 5.41) is 11.0. The molecule has 2 heteroatoms. The Bertz CT molecular complexity index is 1260. The standard InChI is InChI=1S/C26H22N2/c1-26(2)22-10-6-5-9-19(22)20-13-12-17(15-23(20)26)24(27)21-14-11-16-7-3-4-8-18(16)25(21)28/h3-15,27H,28H2,1-2H3. The Kier molecular flexibility index (Phi) is 3.47. The molecule has 1 aliphatic rings. The van der Waals surface area contributed by atoms with Crippen molar-refractivity contribution in [3.63, 3.8) is 0 Å². The van der Waals surface area contributed by atoms with Crippen molar-refractivity contribution in [2.24, 2.45) is 0 Å². The fourth-order valence-electron chi connectivity index (χ4n) is 4.53. The Morgan fingerprint density at radius 2 is 1.50 bits per heavy atom. The molecule has 0 unspecified atom stereocenters. The predicted molar refractivity (Wildman–Crippen MR) is 118 cm³/mol. The minimum atomic E-state index is -0.0723. The molecule has 5 rings (SSSR count). The van der Waals surface area contributed by atoms with Gasteiger partial charge in [0.2, 0.25) is 0 Å². The summed E-state index contributed by atoms with van der Waals surface area (Å²) in [5.41, 5.74) is 14.4. The molecule has 4 aromatic rings. The summed E-state index contributed by atoms with van der Waals surface area (Å²) in [7, 11) is 0. The van der Waals surface area contributed by atoms with Crippen LogP contribution in [0, 0.1) is 5.41 Å². The summed E-state index contributed by atoms with van der Waals surface area (Å²) in [5.74, 6) is 0. The molecule has 28 heavy (non-hydrogen) atoms. The number of benzene rings is 4. The zero-order valence-corrected chi connectivity index (χ0v) is 16.1. The van der Waals surface area contributed by atoms with Crippen molar-refractivity contribution in [1.29, 1.82) is 5.41 Å². The molecular weight excluding hydrogens is 340 g/mol. The summed E-state index contributed by atoms with van der Waals surface area (Å²) >= 11 is 0. The van der Waals surface area contributed by atoms with Crippen LogP contribution in [0.2, 0.25) is 0 Å². The molecule has 0 fully saturated rings. The topological polar surface area (TPSA) is 49.9 Å². The minimum Gasteiger partial charge on any atom is -0.398 e. The smallest absolute Gasteiger partial charge is 0.0705 e. The molecule has 0 atom stereocenters. The maximum absolute atomic E-state index is 8.86. The van der Waals surface area contributed by atoms with E-state index >= 15 is 0 Å². The van der Waals surface area contributed by atoms with Gasteiger partial charge in [-0.15, -0.1) is 0 Å². The Labute approximate surface area is 165 Å². The molecule has 136 valence electrons. The number of rotatable bonds is 2. The van der Waals surface area contributed by atoms with Gasteiger partial charge >= 0.3 is 0 Å². The summed E-state index contributed by atoms with van der Waals surface area (Å²) in [4.78, 5) is 0. The van der Waals surface area contributed by atoms with Crippen LogP contribution in [0.25, 0.3) is 21.9 Å². The van der Waals surface area contributed by atoms with E-state index in [4.69, 9.17) is 11.1 Å². The molecule has 0 heterocycles. The highest BCUT2D eigenvalue weighted by molar-refractivity contribution is 6.17. The first-order valence-electron chi connectivity index (χ1n) is 9.59. The van der Waals surface area contributed by atoms with Gasteiger partial charge in [0.25, 0.3) is 0 Å². The van der Waals surface area contributed by atoms with E-state index in [1.807, 2.05) is 42.5 Å². The molecule has 0 aliphatic heterocycles. The zero-order valence-electron chi connectivity index (χ0n) is 16.1. The lowest BCUT2D eigenvalue weighted by atomic mass is 9.81. The van der Waals surface area contributed by atoms with Crippen LogP contribution in [0.5, 0.6) is 0 Å². The predicted octanol–water partition coefficient (Wildman–Crippen LogP) is 6.14. The van der Waals surface area contributed by atoms with E-state index in [0.29, 0.717) is 11.4 Å². The van der Waals surface area contributed by atoms with Gasteiger partial charge < -0.3 is 5.73 Å². The highest BCUT2D eigenvalue weighted by Crippen LogP contribution is 2.48. The second kappa shape index (κ2) is 5.80. The largest absolute Gasteiger partial charge is 0.398 e. The van der Waals surface area contributed by atoms with Crippen molar-refractivity contribution in [1.82, 2.24) is 0 Å². The van der Waals surface area contributed by atoms with Crippen molar-refractivity contribution >= 4 is 22.2 Å². The third kappa shape index (κ3) is 2.24. The number of fused-ring (bicyclic) bond motifs is 4. The summed E-state index contributed by atoms with van der Waals surface area (Å²) in [6.45, 7) is 4.52. The average molecular weight is 362 g/mol. The van der Waals surface area contributed by atoms with Gasteiger partial charge in [-0.1, -0.05) is 86.6 Å². The van der Waals surface area contributed by atoms with Crippen LogP contribution in [0.4, 0.5) is 5.69 Å². The van der Waals surface area contributed by atoms with Crippen molar-refractivity contribution in [3.05, 3.63) is 101 Å². The number of nitrogens with one attached hydrogen (secondary N) is 1. The number of hydrogen-bond donors (Lipinski definition) is 2. The van der Waals surface area contributed by atoms with E-state index in [1.54, 1.807) is 0 Å². The van der Waals surface area contributed by atoms with Crippen molar-refractivity contribution < 1.29 is 0 Å². The molecule has 3 N–H and O–H groups in total. The van der Waals surface area contributed by atoms with Crippen molar-refractivity contribution in [2.45, 2.75) is 19.3 Å².